The Labute approximate surface area is 423 Å². The van der Waals surface area contributed by atoms with E-state index in [1.54, 1.807) is 5.38 Å². The number of β-lactam (4-membered cyclic amide) rings is 1. The first-order valence-electron chi connectivity index (χ1n) is 23.3. The summed E-state index contributed by atoms with van der Waals surface area (Å²) in [5, 5.41) is 33.1. The normalized spacial score (nSPS) is 17.9. The number of thiazole rings is 1. The van der Waals surface area contributed by atoms with E-state index in [2.05, 4.69) is 47.0 Å². The first kappa shape index (κ1) is 47.6. The number of hydrogen-bond acceptors (Lipinski definition) is 12. The van der Waals surface area contributed by atoms with Gasteiger partial charge in [0.25, 0.3) is 11.8 Å². The summed E-state index contributed by atoms with van der Waals surface area (Å²) in [6.45, 7) is 0.0570. The molecular weight excluding hydrogens is 949 g/mol. The second-order valence-electron chi connectivity index (χ2n) is 17.4. The van der Waals surface area contributed by atoms with Crippen LogP contribution >= 0.6 is 23.1 Å². The van der Waals surface area contributed by atoms with Crippen LogP contribution in [0.4, 0.5) is 9.93 Å². The number of carboxylic acids is 1. The third-order valence-electron chi connectivity index (χ3n) is 13.0. The summed E-state index contributed by atoms with van der Waals surface area (Å²) in [5.41, 5.74) is 2.45. The van der Waals surface area contributed by atoms with Gasteiger partial charge < -0.3 is 35.3 Å². The highest BCUT2D eigenvalue weighted by Gasteiger charge is 2.55. The fourth-order valence-electron chi connectivity index (χ4n) is 9.53. The number of thioether (sulfide) groups is 1. The van der Waals surface area contributed by atoms with Gasteiger partial charge in [-0.2, -0.15) is 0 Å². The largest absolute Gasteiger partial charge is 0.477 e. The Morgan fingerprint density at radius 1 is 0.722 bits per heavy atom. The molecule has 4 heterocycles. The number of carbonyl (C=O) groups is 4. The summed E-state index contributed by atoms with van der Waals surface area (Å²) in [6, 6.07) is 57.6. The maximum atomic E-state index is 15.1. The van der Waals surface area contributed by atoms with E-state index in [9.17, 15) is 24.6 Å². The number of aliphatic hydroxyl groups excluding tert-OH is 1. The van der Waals surface area contributed by atoms with Gasteiger partial charge in [-0.25, -0.2) is 14.6 Å². The van der Waals surface area contributed by atoms with Crippen LogP contribution in [0, 0.1) is 0 Å². The highest BCUT2D eigenvalue weighted by Crippen LogP contribution is 2.44. The maximum absolute atomic E-state index is 15.1. The number of likely N-dealkylation sites (tertiary alicyclic amines) is 1. The standard InChI is InChI=1S/C56H48N6O8S2/c63-44-31-32-61(33-44)54(68)69-34-37-35-71-51-47(50(65)62(51)48(37)52(66)67)58-49(64)46(60-70-56(41-25-13-4-14-26-41,42-27-15-5-16-28-42)43-29-17-6-18-30-43)45-36-72-53(57-45)59-55(38-19-7-1-8-20-38,39-21-9-2-10-22-39)40-23-11-3-12-24-40/h1-30,36,44,47,51,63H,31-35H2,(H,57,59)(H,58,64)(H,66,67)/b60-46-/t44?,47?,51-/m0/s1. The average molecular weight is 997 g/mol. The second kappa shape index (κ2) is 20.7. The van der Waals surface area contributed by atoms with E-state index in [1.807, 2.05) is 146 Å². The predicted octanol–water partition coefficient (Wildman–Crippen LogP) is 8.20. The number of nitrogens with one attached hydrogen (secondary N) is 2. The Bertz CT molecular complexity index is 2930. The number of amides is 3. The van der Waals surface area contributed by atoms with Crippen molar-refractivity contribution in [2.24, 2.45) is 5.16 Å². The Balaban J connectivity index is 1.03. The lowest BCUT2D eigenvalue weighted by molar-refractivity contribution is -0.150. The minimum atomic E-state index is -1.40. The lowest BCUT2D eigenvalue weighted by atomic mass is 9.77. The average Bonchev–Trinajstić information content (AvgIpc) is 4.10. The lowest BCUT2D eigenvalue weighted by Crippen LogP contribution is -2.71. The van der Waals surface area contributed by atoms with E-state index in [0.29, 0.717) is 18.1 Å². The molecule has 0 bridgehead atoms. The molecule has 7 aromatic rings. The van der Waals surface area contributed by atoms with Crippen LogP contribution in [0.15, 0.2) is 204 Å². The molecule has 3 amide bonds. The number of carboxylic acid groups (broad SMARTS) is 1. The summed E-state index contributed by atoms with van der Waals surface area (Å²) in [5.74, 6) is -2.74. The molecule has 0 aliphatic carbocycles. The van der Waals surface area contributed by atoms with Gasteiger partial charge >= 0.3 is 12.1 Å². The highest BCUT2D eigenvalue weighted by molar-refractivity contribution is 8.00. The van der Waals surface area contributed by atoms with E-state index in [4.69, 9.17) is 19.7 Å². The first-order chi connectivity index (χ1) is 35.2. The number of ether oxygens (including phenoxy) is 1. The SMILES string of the molecule is O=C(O)C1=C(COC(=O)N2CCC(O)C2)CS[C@H]2C(NC(=O)/C(=N\OC(c3ccccc3)(c3ccccc3)c3ccccc3)c3csc(NC(c4ccccc4)(c4ccccc4)c4ccccc4)n3)C(=O)N12. The quantitative estimate of drug-likeness (QED) is 0.0317. The monoisotopic (exact) mass is 996 g/mol. The Hall–Kier alpha value is -8.05. The van der Waals surface area contributed by atoms with Crippen molar-refractivity contribution in [2.75, 3.05) is 30.8 Å². The summed E-state index contributed by atoms with van der Waals surface area (Å²) in [7, 11) is 0. The smallest absolute Gasteiger partial charge is 0.410 e. The van der Waals surface area contributed by atoms with Crippen LogP contribution in [0.5, 0.6) is 0 Å². The van der Waals surface area contributed by atoms with E-state index in [-0.39, 0.29) is 41.6 Å². The number of benzene rings is 6. The zero-order chi connectivity index (χ0) is 49.7. The minimum absolute atomic E-state index is 0.100. The lowest BCUT2D eigenvalue weighted by Gasteiger charge is -2.49. The molecule has 1 aromatic heterocycles. The zero-order valence-corrected chi connectivity index (χ0v) is 40.2. The van der Waals surface area contributed by atoms with Crippen LogP contribution in [0.25, 0.3) is 0 Å². The number of rotatable bonds is 16. The second-order valence-corrected chi connectivity index (χ2v) is 19.3. The van der Waals surface area contributed by atoms with Gasteiger partial charge in [0.1, 0.15) is 35.0 Å². The number of carbonyl (C=O) groups excluding carboxylic acids is 3. The van der Waals surface area contributed by atoms with Crippen LogP contribution in [-0.4, -0.2) is 97.6 Å². The molecule has 0 radical (unpaired) electrons. The van der Waals surface area contributed by atoms with Crippen LogP contribution in [-0.2, 0) is 35.1 Å². The number of aromatic nitrogens is 1. The predicted molar refractivity (Wildman–Crippen MR) is 275 cm³/mol. The van der Waals surface area contributed by atoms with E-state index in [1.165, 1.54) is 28.0 Å². The number of oxime groups is 1. The van der Waals surface area contributed by atoms with Crippen molar-refractivity contribution in [3.8, 4) is 0 Å². The molecule has 0 saturated carbocycles. The summed E-state index contributed by atoms with van der Waals surface area (Å²) < 4.78 is 5.46. The van der Waals surface area contributed by atoms with Gasteiger partial charge in [0, 0.05) is 46.5 Å². The third kappa shape index (κ3) is 9.11. The molecule has 2 unspecified atom stereocenters. The number of hydrogen-bond donors (Lipinski definition) is 4. The van der Waals surface area contributed by atoms with E-state index >= 15 is 4.79 Å². The molecule has 6 aromatic carbocycles. The van der Waals surface area contributed by atoms with Crippen molar-refractivity contribution >= 4 is 57.8 Å². The fraction of sp³-hybridized carbons (Fsp3) is 0.179. The molecule has 4 N–H and O–H groups in total. The minimum Gasteiger partial charge on any atom is -0.477 e. The molecule has 2 saturated heterocycles. The molecule has 10 rings (SSSR count). The summed E-state index contributed by atoms with van der Waals surface area (Å²) in [6.07, 6.45) is -0.936. The molecule has 72 heavy (non-hydrogen) atoms. The van der Waals surface area contributed by atoms with Gasteiger partial charge in [-0.15, -0.1) is 23.1 Å². The van der Waals surface area contributed by atoms with Crippen LogP contribution < -0.4 is 10.6 Å². The molecule has 3 aliphatic rings. The van der Waals surface area contributed by atoms with Crippen molar-refractivity contribution in [1.82, 2.24) is 20.1 Å². The Kier molecular flexibility index (Phi) is 13.7. The van der Waals surface area contributed by atoms with Gasteiger partial charge in [-0.05, 0) is 23.1 Å². The van der Waals surface area contributed by atoms with Gasteiger partial charge in [0.2, 0.25) is 5.60 Å². The third-order valence-corrected chi connectivity index (χ3v) is 15.1. The Morgan fingerprint density at radius 3 is 1.67 bits per heavy atom. The highest BCUT2D eigenvalue weighted by atomic mass is 32.2. The van der Waals surface area contributed by atoms with Crippen molar-refractivity contribution in [3.63, 3.8) is 0 Å². The van der Waals surface area contributed by atoms with Gasteiger partial charge in [0.05, 0.1) is 6.10 Å². The van der Waals surface area contributed by atoms with E-state index < -0.39 is 52.5 Å². The van der Waals surface area contributed by atoms with Crippen molar-refractivity contribution < 1.29 is 39.0 Å². The maximum Gasteiger partial charge on any atom is 0.410 e. The van der Waals surface area contributed by atoms with Crippen LogP contribution in [0.2, 0.25) is 0 Å². The van der Waals surface area contributed by atoms with Crippen LogP contribution in [0.1, 0.15) is 45.5 Å². The number of anilines is 1. The first-order valence-corrected chi connectivity index (χ1v) is 25.2. The number of fused-ring (bicyclic) bond motifs is 1. The van der Waals surface area contributed by atoms with Gasteiger partial charge in [-0.3, -0.25) is 14.5 Å². The molecule has 16 heteroatoms. The van der Waals surface area contributed by atoms with Crippen molar-refractivity contribution in [3.05, 3.63) is 238 Å². The molecule has 362 valence electrons. The molecule has 3 aliphatic heterocycles. The summed E-state index contributed by atoms with van der Waals surface area (Å²) >= 11 is 2.49. The zero-order valence-electron chi connectivity index (χ0n) is 38.6. The number of aliphatic hydroxyl groups is 1. The van der Waals surface area contributed by atoms with Crippen LogP contribution in [0.3, 0.4) is 0 Å². The molecular formula is C56H48N6O8S2. The molecule has 2 fully saturated rings. The topological polar surface area (TPSA) is 183 Å². The van der Waals surface area contributed by atoms with Crippen molar-refractivity contribution in [1.29, 1.82) is 0 Å². The molecule has 3 atom stereocenters. The number of nitrogens with zero attached hydrogens (tertiary/aromatic N) is 4. The Morgan fingerprint density at radius 2 is 1.21 bits per heavy atom. The van der Waals surface area contributed by atoms with E-state index in [0.717, 1.165) is 38.3 Å². The number of β-amino-alcohol motifs (C(OH)–C–C–N with tert-alkyl or cyclic N) is 1. The fourth-order valence-corrected chi connectivity index (χ4v) is 11.6. The molecule has 14 nitrogen and oxygen atoms in total. The number of aliphatic carboxylic acids is 1. The van der Waals surface area contributed by atoms with Gasteiger partial charge in [-0.1, -0.05) is 187 Å². The summed E-state index contributed by atoms with van der Waals surface area (Å²) in [4.78, 5) is 69.2. The van der Waals surface area contributed by atoms with Crippen molar-refractivity contribution in [2.45, 2.75) is 35.1 Å². The van der Waals surface area contributed by atoms with Gasteiger partial charge in [0.15, 0.2) is 10.8 Å². The molecule has 0 spiro atoms.